The summed E-state index contributed by atoms with van der Waals surface area (Å²) in [6.45, 7) is 0. The largest absolute Gasteiger partial charge is 0.495 e. The Morgan fingerprint density at radius 2 is 2.06 bits per heavy atom. The molecule has 0 saturated carbocycles. The molecule has 2 aromatic carbocycles. The summed E-state index contributed by atoms with van der Waals surface area (Å²) in [7, 11) is 1.58. The Morgan fingerprint density at radius 1 is 1.24 bits per heavy atom. The van der Waals surface area contributed by atoms with Gasteiger partial charge in [-0.3, -0.25) is 19.5 Å². The Bertz CT molecular complexity index is 1310. The third-order valence-electron chi connectivity index (χ3n) is 4.46. The van der Waals surface area contributed by atoms with Gasteiger partial charge in [-0.15, -0.1) is 21.5 Å². The van der Waals surface area contributed by atoms with Crippen molar-refractivity contribution in [3.05, 3.63) is 75.1 Å². The Labute approximate surface area is 201 Å². The minimum absolute atomic E-state index is 0.0311. The molecule has 1 amide bonds. The number of carbonyl (C=O) groups excluding carboxylic acids is 1. The van der Waals surface area contributed by atoms with Crippen molar-refractivity contribution in [1.29, 1.82) is 0 Å². The minimum Gasteiger partial charge on any atom is -0.495 e. The maximum atomic E-state index is 12.6. The van der Waals surface area contributed by atoms with Crippen molar-refractivity contribution >= 4 is 52.0 Å². The molecule has 0 aliphatic carbocycles. The van der Waals surface area contributed by atoms with Crippen LogP contribution in [-0.2, 0) is 4.79 Å². The van der Waals surface area contributed by atoms with E-state index in [4.69, 9.17) is 16.3 Å². The number of methoxy groups -OCH3 is 1. The number of halogens is 1. The second-order valence-electron chi connectivity index (χ2n) is 6.55. The molecule has 0 fully saturated rings. The number of rotatable bonds is 8. The number of para-hydroxylation sites is 2. The van der Waals surface area contributed by atoms with Crippen molar-refractivity contribution in [3.63, 3.8) is 0 Å². The summed E-state index contributed by atoms with van der Waals surface area (Å²) >= 11 is 8.60. The number of nitrogens with zero attached hydrogens (tertiary/aromatic N) is 4. The van der Waals surface area contributed by atoms with Gasteiger partial charge in [0.1, 0.15) is 11.4 Å². The monoisotopic (exact) mass is 501 g/mol. The van der Waals surface area contributed by atoms with Gasteiger partial charge >= 0.3 is 0 Å². The minimum atomic E-state index is -0.579. The summed E-state index contributed by atoms with van der Waals surface area (Å²) in [5, 5.41) is 25.1. The molecule has 1 N–H and O–H groups in total. The fourth-order valence-corrected chi connectivity index (χ4v) is 4.66. The number of hydrogen-bond acceptors (Lipinski definition) is 8. The molecule has 4 aromatic rings. The topological polar surface area (TPSA) is 112 Å². The van der Waals surface area contributed by atoms with Crippen LogP contribution in [0.1, 0.15) is 0 Å². The molecular formula is C21H16ClN5O4S2. The Hall–Kier alpha value is -3.41. The van der Waals surface area contributed by atoms with Crippen LogP contribution in [0.15, 0.2) is 65.1 Å². The van der Waals surface area contributed by atoms with E-state index in [2.05, 4.69) is 15.5 Å². The predicted molar refractivity (Wildman–Crippen MR) is 129 cm³/mol. The first kappa shape index (κ1) is 22.8. The molecule has 0 saturated heterocycles. The molecule has 12 heteroatoms. The maximum absolute atomic E-state index is 12.6. The van der Waals surface area contributed by atoms with Crippen molar-refractivity contribution < 1.29 is 14.5 Å². The Kier molecular flexibility index (Phi) is 6.92. The van der Waals surface area contributed by atoms with Crippen molar-refractivity contribution in [1.82, 2.24) is 14.8 Å². The van der Waals surface area contributed by atoms with Gasteiger partial charge in [-0.1, -0.05) is 41.6 Å². The van der Waals surface area contributed by atoms with E-state index >= 15 is 0 Å². The van der Waals surface area contributed by atoms with Crippen molar-refractivity contribution in [2.24, 2.45) is 0 Å². The SMILES string of the molecule is COc1ccccc1-n1c(SCC(=O)Nc2cc(Cl)ccc2[N+](=O)[O-])nnc1-c1cccs1. The normalized spacial score (nSPS) is 10.7. The zero-order chi connectivity index (χ0) is 23.4. The molecule has 0 spiro atoms. The van der Waals surface area contributed by atoms with Gasteiger partial charge in [-0.2, -0.15) is 0 Å². The van der Waals surface area contributed by atoms with Crippen LogP contribution in [0.2, 0.25) is 5.02 Å². The van der Waals surface area contributed by atoms with Crippen molar-refractivity contribution in [2.75, 3.05) is 18.2 Å². The van der Waals surface area contributed by atoms with Crippen LogP contribution in [0.25, 0.3) is 16.4 Å². The fraction of sp³-hybridized carbons (Fsp3) is 0.0952. The highest BCUT2D eigenvalue weighted by Crippen LogP contribution is 2.34. The third-order valence-corrected chi connectivity index (χ3v) is 6.49. The molecule has 0 atom stereocenters. The zero-order valence-electron chi connectivity index (χ0n) is 17.1. The Balaban J connectivity index is 1.61. The highest BCUT2D eigenvalue weighted by molar-refractivity contribution is 7.99. The lowest BCUT2D eigenvalue weighted by molar-refractivity contribution is -0.383. The van der Waals surface area contributed by atoms with E-state index in [9.17, 15) is 14.9 Å². The molecule has 0 aliphatic rings. The van der Waals surface area contributed by atoms with Gasteiger partial charge in [-0.05, 0) is 35.7 Å². The van der Waals surface area contributed by atoms with E-state index in [1.165, 1.54) is 29.5 Å². The number of amides is 1. The number of nitro benzene ring substituents is 1. The van der Waals surface area contributed by atoms with Crippen LogP contribution < -0.4 is 10.1 Å². The second-order valence-corrected chi connectivity index (χ2v) is 8.87. The van der Waals surface area contributed by atoms with Crippen LogP contribution >= 0.6 is 34.7 Å². The molecule has 0 aliphatic heterocycles. The molecular weight excluding hydrogens is 486 g/mol. The van der Waals surface area contributed by atoms with Crippen LogP contribution in [0.5, 0.6) is 5.75 Å². The highest BCUT2D eigenvalue weighted by atomic mass is 35.5. The van der Waals surface area contributed by atoms with Crippen molar-refractivity contribution in [2.45, 2.75) is 5.16 Å². The summed E-state index contributed by atoms with van der Waals surface area (Å²) < 4.78 is 7.33. The van der Waals surface area contributed by atoms with Crippen LogP contribution in [0, 0.1) is 10.1 Å². The second kappa shape index (κ2) is 10.0. The average molecular weight is 502 g/mol. The first-order valence-electron chi connectivity index (χ1n) is 9.47. The maximum Gasteiger partial charge on any atom is 0.292 e. The number of aromatic nitrogens is 3. The van der Waals surface area contributed by atoms with E-state index in [-0.39, 0.29) is 22.2 Å². The number of nitro groups is 1. The fourth-order valence-electron chi connectivity index (χ4n) is 3.04. The summed E-state index contributed by atoms with van der Waals surface area (Å²) in [5.41, 5.74) is 0.514. The first-order valence-corrected chi connectivity index (χ1v) is 11.7. The number of benzene rings is 2. The number of thiophene rings is 1. The number of thioether (sulfide) groups is 1. The van der Waals surface area contributed by atoms with Gasteiger partial charge in [0.2, 0.25) is 5.91 Å². The molecule has 0 unspecified atom stereocenters. The summed E-state index contributed by atoms with van der Waals surface area (Å²) in [6, 6.07) is 15.3. The molecule has 2 aromatic heterocycles. The van der Waals surface area contributed by atoms with E-state index in [0.29, 0.717) is 16.7 Å². The van der Waals surface area contributed by atoms with Gasteiger partial charge in [0.15, 0.2) is 11.0 Å². The standard InChI is InChI=1S/C21H16ClN5O4S2/c1-31-17-6-3-2-5-16(17)26-20(18-7-4-10-32-18)24-25-21(26)33-12-19(28)23-14-11-13(22)8-9-15(14)27(29)30/h2-11H,12H2,1H3,(H,23,28). The summed E-state index contributed by atoms with van der Waals surface area (Å²) in [5.74, 6) is 0.734. The van der Waals surface area contributed by atoms with E-state index < -0.39 is 10.8 Å². The number of nitrogens with one attached hydrogen (secondary N) is 1. The van der Waals surface area contributed by atoms with Gasteiger partial charge < -0.3 is 10.1 Å². The molecule has 2 heterocycles. The molecule has 0 radical (unpaired) electrons. The number of hydrogen-bond donors (Lipinski definition) is 1. The summed E-state index contributed by atoms with van der Waals surface area (Å²) in [6.07, 6.45) is 0. The quantitative estimate of drug-likeness (QED) is 0.198. The predicted octanol–water partition coefficient (Wildman–Crippen LogP) is 5.30. The molecule has 33 heavy (non-hydrogen) atoms. The smallest absolute Gasteiger partial charge is 0.292 e. The number of ether oxygens (including phenoxy) is 1. The zero-order valence-corrected chi connectivity index (χ0v) is 19.5. The van der Waals surface area contributed by atoms with Crippen molar-refractivity contribution in [3.8, 4) is 22.1 Å². The molecule has 0 bridgehead atoms. The van der Waals surface area contributed by atoms with E-state index in [1.807, 2.05) is 46.3 Å². The number of anilines is 1. The lowest BCUT2D eigenvalue weighted by Crippen LogP contribution is -2.15. The Morgan fingerprint density at radius 3 is 2.79 bits per heavy atom. The lowest BCUT2D eigenvalue weighted by atomic mass is 10.2. The van der Waals surface area contributed by atoms with E-state index in [1.54, 1.807) is 7.11 Å². The number of carbonyl (C=O) groups is 1. The van der Waals surface area contributed by atoms with Gasteiger partial charge in [0.25, 0.3) is 5.69 Å². The molecule has 168 valence electrons. The highest BCUT2D eigenvalue weighted by Gasteiger charge is 2.21. The van der Waals surface area contributed by atoms with Gasteiger partial charge in [0, 0.05) is 11.1 Å². The average Bonchev–Trinajstić information content (AvgIpc) is 3.47. The van der Waals surface area contributed by atoms with Crippen LogP contribution in [-0.4, -0.2) is 38.5 Å². The lowest BCUT2D eigenvalue weighted by Gasteiger charge is -2.13. The third kappa shape index (κ3) is 5.00. The van der Waals surface area contributed by atoms with E-state index in [0.717, 1.165) is 22.3 Å². The van der Waals surface area contributed by atoms with Crippen LogP contribution in [0.3, 0.4) is 0 Å². The van der Waals surface area contributed by atoms with Gasteiger partial charge in [0.05, 0.1) is 28.4 Å². The molecule has 4 rings (SSSR count). The summed E-state index contributed by atoms with van der Waals surface area (Å²) in [4.78, 5) is 24.2. The first-order chi connectivity index (χ1) is 16.0. The van der Waals surface area contributed by atoms with Gasteiger partial charge in [-0.25, -0.2) is 0 Å². The van der Waals surface area contributed by atoms with Crippen LogP contribution in [0.4, 0.5) is 11.4 Å². The molecule has 9 nitrogen and oxygen atoms in total.